The number of aryl methyl sites for hydroxylation is 2. The van der Waals surface area contributed by atoms with E-state index >= 15 is 0 Å². The molecule has 0 fully saturated rings. The average Bonchev–Trinajstić information content (AvgIpc) is 2.76. The van der Waals surface area contributed by atoms with Crippen molar-refractivity contribution in [2.45, 2.75) is 40.3 Å². The lowest BCUT2D eigenvalue weighted by Crippen LogP contribution is -2.19. The Morgan fingerprint density at radius 3 is 2.62 bits per heavy atom. The summed E-state index contributed by atoms with van der Waals surface area (Å²) in [6, 6.07) is 10.1. The van der Waals surface area contributed by atoms with Crippen molar-refractivity contribution in [3.63, 3.8) is 0 Å². The van der Waals surface area contributed by atoms with E-state index in [-0.39, 0.29) is 11.9 Å². The molecule has 0 aliphatic rings. The molecule has 0 aliphatic carbocycles. The minimum atomic E-state index is -0.0585. The molecule has 2 N–H and O–H groups in total. The van der Waals surface area contributed by atoms with Gasteiger partial charge in [0.25, 0.3) is 0 Å². The van der Waals surface area contributed by atoms with Crippen LogP contribution in [0, 0.1) is 13.8 Å². The van der Waals surface area contributed by atoms with Gasteiger partial charge in [-0.25, -0.2) is 0 Å². The van der Waals surface area contributed by atoms with Crippen LogP contribution in [0.2, 0.25) is 0 Å². The van der Waals surface area contributed by atoms with Crippen LogP contribution in [0.5, 0.6) is 0 Å². The number of rotatable bonds is 5. The maximum atomic E-state index is 11.2. The van der Waals surface area contributed by atoms with Crippen molar-refractivity contribution in [3.05, 3.63) is 53.0 Å². The topological polar surface area (TPSA) is 54.3 Å². The van der Waals surface area contributed by atoms with Gasteiger partial charge in [-0.15, -0.1) is 0 Å². The molecular weight excluding hydrogens is 264 g/mol. The van der Waals surface area contributed by atoms with Crippen molar-refractivity contribution in [2.75, 3.05) is 5.32 Å². The molecule has 1 amide bonds. The summed E-state index contributed by atoms with van der Waals surface area (Å²) in [5, 5.41) is 6.33. The number of carbonyl (C=O) groups excluding carboxylic acids is 1. The summed E-state index contributed by atoms with van der Waals surface area (Å²) >= 11 is 0. The van der Waals surface area contributed by atoms with Gasteiger partial charge in [0.1, 0.15) is 11.5 Å². The minimum absolute atomic E-state index is 0.0585. The van der Waals surface area contributed by atoms with Crippen LogP contribution in [0.25, 0.3) is 0 Å². The lowest BCUT2D eigenvalue weighted by atomic mass is 10.1. The third-order valence-electron chi connectivity index (χ3n) is 3.47. The molecule has 0 bridgehead atoms. The second-order valence-electron chi connectivity index (χ2n) is 5.31. The Labute approximate surface area is 125 Å². The molecule has 1 atom stereocenters. The lowest BCUT2D eigenvalue weighted by molar-refractivity contribution is -0.114. The van der Waals surface area contributed by atoms with E-state index in [0.717, 1.165) is 22.8 Å². The number of hydrogen-bond acceptors (Lipinski definition) is 3. The first-order valence-corrected chi connectivity index (χ1v) is 7.13. The first-order valence-electron chi connectivity index (χ1n) is 7.13. The van der Waals surface area contributed by atoms with Crippen LogP contribution in [0.4, 0.5) is 5.69 Å². The van der Waals surface area contributed by atoms with Crippen LogP contribution in [-0.2, 0) is 11.3 Å². The smallest absolute Gasteiger partial charge is 0.221 e. The van der Waals surface area contributed by atoms with Crippen LogP contribution < -0.4 is 10.6 Å². The molecule has 0 aliphatic heterocycles. The highest BCUT2D eigenvalue weighted by atomic mass is 16.3. The Morgan fingerprint density at radius 2 is 2.00 bits per heavy atom. The van der Waals surface area contributed by atoms with Crippen molar-refractivity contribution in [2.24, 2.45) is 0 Å². The van der Waals surface area contributed by atoms with Gasteiger partial charge in [0.2, 0.25) is 5.91 Å². The fourth-order valence-electron chi connectivity index (χ4n) is 2.44. The van der Waals surface area contributed by atoms with E-state index in [1.807, 2.05) is 38.1 Å². The molecule has 21 heavy (non-hydrogen) atoms. The Kier molecular flexibility index (Phi) is 4.81. The Bertz CT molecular complexity index is 631. The lowest BCUT2D eigenvalue weighted by Gasteiger charge is -2.15. The van der Waals surface area contributed by atoms with Crippen LogP contribution in [0.15, 0.2) is 34.7 Å². The van der Waals surface area contributed by atoms with E-state index in [1.165, 1.54) is 12.5 Å². The van der Waals surface area contributed by atoms with Gasteiger partial charge in [-0.3, -0.25) is 4.79 Å². The quantitative estimate of drug-likeness (QED) is 0.881. The number of carbonyl (C=O) groups is 1. The fourth-order valence-corrected chi connectivity index (χ4v) is 2.44. The number of hydrogen-bond donors (Lipinski definition) is 2. The van der Waals surface area contributed by atoms with Gasteiger partial charge in [-0.05, 0) is 38.5 Å². The van der Waals surface area contributed by atoms with Gasteiger partial charge in [0, 0.05) is 30.8 Å². The van der Waals surface area contributed by atoms with E-state index in [4.69, 9.17) is 4.42 Å². The van der Waals surface area contributed by atoms with E-state index in [0.29, 0.717) is 6.54 Å². The third kappa shape index (κ3) is 3.95. The molecule has 0 radical (unpaired) electrons. The van der Waals surface area contributed by atoms with Crippen LogP contribution in [-0.4, -0.2) is 5.91 Å². The van der Waals surface area contributed by atoms with E-state index in [2.05, 4.69) is 23.6 Å². The Hall–Kier alpha value is -2.07. The van der Waals surface area contributed by atoms with Gasteiger partial charge in [-0.1, -0.05) is 18.2 Å². The second kappa shape index (κ2) is 6.59. The second-order valence-corrected chi connectivity index (χ2v) is 5.31. The zero-order valence-corrected chi connectivity index (χ0v) is 13.0. The SMILES string of the molecule is CC(=O)Nc1ccccc1CNC(C)c1cc(C)oc1C. The first-order chi connectivity index (χ1) is 9.97. The van der Waals surface area contributed by atoms with Gasteiger partial charge in [-0.2, -0.15) is 0 Å². The van der Waals surface area contributed by atoms with Crippen molar-refractivity contribution in [1.82, 2.24) is 5.32 Å². The standard InChI is InChI=1S/C17H22N2O2/c1-11-9-16(13(3)21-11)12(2)18-10-15-7-5-6-8-17(15)19-14(4)20/h5-9,12,18H,10H2,1-4H3,(H,19,20). The highest BCUT2D eigenvalue weighted by Gasteiger charge is 2.13. The predicted molar refractivity (Wildman–Crippen MR) is 84.2 cm³/mol. The maximum absolute atomic E-state index is 11.2. The molecular formula is C17H22N2O2. The monoisotopic (exact) mass is 286 g/mol. The van der Waals surface area contributed by atoms with E-state index in [1.54, 1.807) is 0 Å². The summed E-state index contributed by atoms with van der Waals surface area (Å²) < 4.78 is 5.57. The molecule has 0 spiro atoms. The molecule has 1 unspecified atom stereocenters. The van der Waals surface area contributed by atoms with Crippen molar-refractivity contribution in [3.8, 4) is 0 Å². The number of nitrogens with one attached hydrogen (secondary N) is 2. The summed E-state index contributed by atoms with van der Waals surface area (Å²) in [5.41, 5.74) is 3.09. The number of benzene rings is 1. The number of furan rings is 1. The normalized spacial score (nSPS) is 12.2. The van der Waals surface area contributed by atoms with Crippen molar-refractivity contribution in [1.29, 1.82) is 0 Å². The molecule has 112 valence electrons. The summed E-state index contributed by atoms with van der Waals surface area (Å²) in [7, 11) is 0. The molecule has 1 aromatic carbocycles. The Balaban J connectivity index is 2.06. The summed E-state index contributed by atoms with van der Waals surface area (Å²) in [6.45, 7) is 8.24. The van der Waals surface area contributed by atoms with Gasteiger partial charge >= 0.3 is 0 Å². The zero-order chi connectivity index (χ0) is 15.4. The molecule has 1 aromatic heterocycles. The highest BCUT2D eigenvalue weighted by Crippen LogP contribution is 2.22. The van der Waals surface area contributed by atoms with Gasteiger partial charge in [0.05, 0.1) is 0 Å². The molecule has 2 rings (SSSR count). The summed E-state index contributed by atoms with van der Waals surface area (Å²) in [6.07, 6.45) is 0. The Morgan fingerprint density at radius 1 is 1.29 bits per heavy atom. The number of amides is 1. The molecule has 4 nitrogen and oxygen atoms in total. The third-order valence-corrected chi connectivity index (χ3v) is 3.47. The van der Waals surface area contributed by atoms with Crippen LogP contribution >= 0.6 is 0 Å². The molecule has 1 heterocycles. The molecule has 4 heteroatoms. The first kappa shape index (κ1) is 15.3. The number of para-hydroxylation sites is 1. The van der Waals surface area contributed by atoms with Crippen molar-refractivity contribution < 1.29 is 9.21 Å². The van der Waals surface area contributed by atoms with E-state index < -0.39 is 0 Å². The average molecular weight is 286 g/mol. The van der Waals surface area contributed by atoms with Gasteiger partial charge in [0.15, 0.2) is 0 Å². The summed E-state index contributed by atoms with van der Waals surface area (Å²) in [5.74, 6) is 1.81. The predicted octanol–water partition coefficient (Wildman–Crippen LogP) is 3.71. The van der Waals surface area contributed by atoms with Crippen molar-refractivity contribution >= 4 is 11.6 Å². The molecule has 0 saturated heterocycles. The highest BCUT2D eigenvalue weighted by molar-refractivity contribution is 5.89. The minimum Gasteiger partial charge on any atom is -0.466 e. The summed E-state index contributed by atoms with van der Waals surface area (Å²) in [4.78, 5) is 11.2. The maximum Gasteiger partial charge on any atom is 0.221 e. The van der Waals surface area contributed by atoms with Gasteiger partial charge < -0.3 is 15.1 Å². The van der Waals surface area contributed by atoms with Crippen LogP contribution in [0.1, 0.15) is 42.5 Å². The largest absolute Gasteiger partial charge is 0.466 e. The fraction of sp³-hybridized carbons (Fsp3) is 0.353. The van der Waals surface area contributed by atoms with Crippen LogP contribution in [0.3, 0.4) is 0 Å². The molecule has 2 aromatic rings. The number of anilines is 1. The zero-order valence-electron chi connectivity index (χ0n) is 13.0. The molecule has 0 saturated carbocycles. The van der Waals surface area contributed by atoms with E-state index in [9.17, 15) is 4.79 Å².